The Morgan fingerprint density at radius 2 is 0.765 bits per heavy atom. The standard InChI is InChI=1S/C41H26O27/c42-11-2-7-16(26(50)23(11)47)17-8(3-12(43)24(48)27(17)51)38(60)66-33-14(5-64-37(7)59)65-40(62)10-1-6(21(45)31(55)22(10)46)15-20-19(30(54)32(56)29(15)53)18-9(4-13(44)25(49)28(18)52)39(61)68-35(36(57)58)34(33)67-41(20)63/h1-4,14,33-35,42-56H,5H2,(H,57,58)/t14-,33+,34-,35-/m0/s1. The molecule has 68 heavy (non-hydrogen) atoms. The molecule has 27 nitrogen and oxygen atoms in total. The molecule has 3 aliphatic rings. The van der Waals surface area contributed by atoms with E-state index in [1.165, 1.54) is 0 Å². The van der Waals surface area contributed by atoms with E-state index < -0.39 is 214 Å². The molecule has 4 atom stereocenters. The Balaban J connectivity index is 1.52. The number of carboxylic acid groups (broad SMARTS) is 1. The van der Waals surface area contributed by atoms with E-state index in [1.807, 2.05) is 0 Å². The predicted molar refractivity (Wildman–Crippen MR) is 209 cm³/mol. The SMILES string of the molecule is O=C1O[C@H]2COC(=O)c3cc(O)c(O)c(O)c3-c3c(cc(O)c(O)c3O)C(=O)O[C@H]2[C@@H]2OC(=O)c3c(c(O)c(O)c(O)c3-c3c(cc(O)c(O)c3O)C(=O)O[C@@H]2C(=O)O)-c2cc1c(O)c(O)c2O. The number of carboxylic acids is 1. The molecule has 4 bridgehead atoms. The van der Waals surface area contributed by atoms with Crippen LogP contribution in [0.25, 0.3) is 33.4 Å². The second-order valence-corrected chi connectivity index (χ2v) is 14.7. The Labute approximate surface area is 372 Å². The van der Waals surface area contributed by atoms with Crippen LogP contribution in [0.5, 0.6) is 86.2 Å². The summed E-state index contributed by atoms with van der Waals surface area (Å²) in [5.74, 6) is -35.7. The molecule has 0 aromatic heterocycles. The predicted octanol–water partition coefficient (Wildman–Crippen LogP) is 1.36. The highest BCUT2D eigenvalue weighted by molar-refractivity contribution is 6.14. The Morgan fingerprint density at radius 3 is 1.28 bits per heavy atom. The van der Waals surface area contributed by atoms with Crippen LogP contribution in [-0.2, 0) is 28.5 Å². The zero-order valence-corrected chi connectivity index (χ0v) is 33.0. The zero-order chi connectivity index (χ0) is 49.9. The first-order valence-corrected chi connectivity index (χ1v) is 18.6. The molecule has 5 aromatic carbocycles. The Kier molecular flexibility index (Phi) is 10.0. The molecule has 0 fully saturated rings. The quantitative estimate of drug-likeness (QED) is 0.0640. The minimum Gasteiger partial charge on any atom is -0.504 e. The Bertz CT molecular complexity index is 3190. The van der Waals surface area contributed by atoms with E-state index in [2.05, 4.69) is 0 Å². The summed E-state index contributed by atoms with van der Waals surface area (Å²) in [6.45, 7) is -1.60. The molecule has 0 amide bonds. The summed E-state index contributed by atoms with van der Waals surface area (Å²) in [5.41, 5.74) is -14.3. The number of cyclic esters (lactones) is 2. The number of esters is 5. The summed E-state index contributed by atoms with van der Waals surface area (Å²) in [6, 6.07) is 1.24. The molecule has 0 saturated carbocycles. The van der Waals surface area contributed by atoms with Crippen molar-refractivity contribution in [1.82, 2.24) is 0 Å². The van der Waals surface area contributed by atoms with E-state index in [0.717, 1.165) is 0 Å². The fraction of sp³-hybridized carbons (Fsp3) is 0.122. The lowest BCUT2D eigenvalue weighted by Crippen LogP contribution is -2.55. The number of carbonyl (C=O) groups is 6. The van der Waals surface area contributed by atoms with E-state index in [0.29, 0.717) is 12.1 Å². The van der Waals surface area contributed by atoms with Crippen LogP contribution in [0.15, 0.2) is 24.3 Å². The molecule has 0 spiro atoms. The largest absolute Gasteiger partial charge is 0.504 e. The highest BCUT2D eigenvalue weighted by atomic mass is 16.6. The second-order valence-electron chi connectivity index (χ2n) is 14.7. The highest BCUT2D eigenvalue weighted by Crippen LogP contribution is 2.59. The third-order valence-corrected chi connectivity index (χ3v) is 10.9. The number of carbonyl (C=O) groups excluding carboxylic acids is 5. The minimum absolute atomic E-state index is 0.260. The van der Waals surface area contributed by atoms with Crippen molar-refractivity contribution < 1.29 is 134 Å². The molecular weight excluding hydrogens is 924 g/mol. The zero-order valence-electron chi connectivity index (χ0n) is 33.0. The van der Waals surface area contributed by atoms with Gasteiger partial charge in [0.1, 0.15) is 12.2 Å². The van der Waals surface area contributed by atoms with Crippen molar-refractivity contribution in [3.05, 3.63) is 52.1 Å². The van der Waals surface area contributed by atoms with Gasteiger partial charge in [0, 0.05) is 33.4 Å². The lowest BCUT2D eigenvalue weighted by molar-refractivity contribution is -0.167. The first-order chi connectivity index (χ1) is 31.9. The van der Waals surface area contributed by atoms with Crippen molar-refractivity contribution in [3.63, 3.8) is 0 Å². The van der Waals surface area contributed by atoms with Crippen molar-refractivity contribution in [2.24, 2.45) is 0 Å². The van der Waals surface area contributed by atoms with Gasteiger partial charge in [0.05, 0.1) is 22.3 Å². The monoisotopic (exact) mass is 950 g/mol. The molecule has 352 valence electrons. The number of phenolic OH excluding ortho intramolecular Hbond substituents is 15. The van der Waals surface area contributed by atoms with E-state index in [-0.39, 0.29) is 12.1 Å². The summed E-state index contributed by atoms with van der Waals surface area (Å²) in [6.07, 6.45) is -11.9. The van der Waals surface area contributed by atoms with Crippen LogP contribution in [0.1, 0.15) is 51.8 Å². The Hall–Kier alpha value is -10.1. The number of hydrogen-bond donors (Lipinski definition) is 16. The maximum Gasteiger partial charge on any atom is 0.349 e. The number of ether oxygens (including phenoxy) is 5. The van der Waals surface area contributed by atoms with Crippen molar-refractivity contribution in [3.8, 4) is 120 Å². The van der Waals surface area contributed by atoms with E-state index in [4.69, 9.17) is 23.7 Å². The van der Waals surface area contributed by atoms with Gasteiger partial charge < -0.3 is 105 Å². The number of fused-ring (bicyclic) bond motifs is 12. The third kappa shape index (κ3) is 6.35. The molecular formula is C41H26O27. The van der Waals surface area contributed by atoms with Crippen LogP contribution < -0.4 is 0 Å². The van der Waals surface area contributed by atoms with Gasteiger partial charge in [-0.1, -0.05) is 0 Å². The first-order valence-electron chi connectivity index (χ1n) is 18.6. The second kappa shape index (κ2) is 15.3. The summed E-state index contributed by atoms with van der Waals surface area (Å²) >= 11 is 0. The number of hydrogen-bond acceptors (Lipinski definition) is 26. The van der Waals surface area contributed by atoms with Crippen LogP contribution >= 0.6 is 0 Å². The molecule has 0 saturated heterocycles. The first kappa shape index (κ1) is 44.5. The van der Waals surface area contributed by atoms with Gasteiger partial charge in [0.25, 0.3) is 0 Å². The highest BCUT2D eigenvalue weighted by Gasteiger charge is 2.52. The van der Waals surface area contributed by atoms with E-state index in [1.54, 1.807) is 0 Å². The maximum absolute atomic E-state index is 14.9. The van der Waals surface area contributed by atoms with Crippen LogP contribution in [-0.4, -0.2) is 149 Å². The van der Waals surface area contributed by atoms with Crippen LogP contribution in [0.2, 0.25) is 0 Å². The normalized spacial score (nSPS) is 18.8. The lowest BCUT2D eigenvalue weighted by atomic mass is 9.85. The van der Waals surface area contributed by atoms with Crippen LogP contribution in [0.4, 0.5) is 0 Å². The van der Waals surface area contributed by atoms with E-state index >= 15 is 0 Å². The molecule has 5 aromatic rings. The fourth-order valence-electron chi connectivity index (χ4n) is 7.69. The van der Waals surface area contributed by atoms with Crippen LogP contribution in [0.3, 0.4) is 0 Å². The Morgan fingerprint density at radius 1 is 0.368 bits per heavy atom. The summed E-state index contributed by atoms with van der Waals surface area (Å²) in [5, 5.41) is 174. The molecule has 0 aliphatic carbocycles. The third-order valence-electron chi connectivity index (χ3n) is 10.9. The molecule has 0 unspecified atom stereocenters. The van der Waals surface area contributed by atoms with Crippen molar-refractivity contribution >= 4 is 35.8 Å². The van der Waals surface area contributed by atoms with Gasteiger partial charge in [0.2, 0.25) is 34.9 Å². The smallest absolute Gasteiger partial charge is 0.349 e. The summed E-state index contributed by atoms with van der Waals surface area (Å²) < 4.78 is 26.9. The number of benzene rings is 5. The van der Waals surface area contributed by atoms with Gasteiger partial charge in [-0.05, 0) is 24.3 Å². The number of aromatic hydroxyl groups is 15. The maximum atomic E-state index is 14.9. The molecule has 27 heteroatoms. The summed E-state index contributed by atoms with van der Waals surface area (Å²) in [7, 11) is 0. The molecule has 16 N–H and O–H groups in total. The van der Waals surface area contributed by atoms with Gasteiger partial charge in [0.15, 0.2) is 75.8 Å². The lowest BCUT2D eigenvalue weighted by Gasteiger charge is -2.35. The number of rotatable bonds is 1. The molecule has 3 heterocycles. The number of aliphatic carboxylic acids is 1. The van der Waals surface area contributed by atoms with Crippen molar-refractivity contribution in [2.45, 2.75) is 24.4 Å². The van der Waals surface area contributed by atoms with Gasteiger partial charge in [-0.15, -0.1) is 0 Å². The average Bonchev–Trinajstić information content (AvgIpc) is 3.30. The van der Waals surface area contributed by atoms with Gasteiger partial charge in [-0.25, -0.2) is 28.8 Å². The fourth-order valence-corrected chi connectivity index (χ4v) is 7.69. The van der Waals surface area contributed by atoms with Crippen LogP contribution in [0, 0.1) is 0 Å². The molecule has 0 radical (unpaired) electrons. The minimum atomic E-state index is -3.16. The molecule has 3 aliphatic heterocycles. The van der Waals surface area contributed by atoms with Gasteiger partial charge in [-0.3, -0.25) is 0 Å². The van der Waals surface area contributed by atoms with Crippen molar-refractivity contribution in [1.29, 1.82) is 0 Å². The van der Waals surface area contributed by atoms with E-state index in [9.17, 15) is 110 Å². The van der Waals surface area contributed by atoms with Crippen molar-refractivity contribution in [2.75, 3.05) is 6.61 Å². The number of phenols is 15. The average molecular weight is 951 g/mol. The van der Waals surface area contributed by atoms with Gasteiger partial charge in [-0.2, -0.15) is 0 Å². The summed E-state index contributed by atoms with van der Waals surface area (Å²) in [4.78, 5) is 85.1. The topological polar surface area (TPSA) is 472 Å². The molecule has 8 rings (SSSR count). The van der Waals surface area contributed by atoms with Gasteiger partial charge >= 0.3 is 35.8 Å².